The van der Waals surface area contributed by atoms with Gasteiger partial charge in [0.05, 0.1) is 12.0 Å². The Labute approximate surface area is 81.8 Å². The van der Waals surface area contributed by atoms with Gasteiger partial charge in [-0.1, -0.05) is 0 Å². The van der Waals surface area contributed by atoms with Gasteiger partial charge in [-0.25, -0.2) is 0 Å². The highest BCUT2D eigenvalue weighted by Gasteiger charge is 2.23. The van der Waals surface area contributed by atoms with E-state index in [0.717, 1.165) is 0 Å². The van der Waals surface area contributed by atoms with E-state index in [2.05, 4.69) is 5.48 Å². The van der Waals surface area contributed by atoms with Gasteiger partial charge >= 0.3 is 11.9 Å². The molecule has 0 aliphatic rings. The number of nitrogens with one attached hydrogen (secondary N) is 1. The van der Waals surface area contributed by atoms with Gasteiger partial charge in [0.1, 0.15) is 6.04 Å². The van der Waals surface area contributed by atoms with Gasteiger partial charge < -0.3 is 10.2 Å². The predicted molar refractivity (Wildman–Crippen MR) is 47.7 cm³/mol. The smallest absolute Gasteiger partial charge is 0.323 e. The fraction of sp³-hybridized carbons (Fsp3) is 0.750. The minimum Gasteiger partial charge on any atom is -0.481 e. The molecule has 0 heterocycles. The van der Waals surface area contributed by atoms with Crippen LogP contribution in [0.3, 0.4) is 0 Å². The monoisotopic (exact) mass is 205 g/mol. The number of hydroxylamine groups is 1. The Morgan fingerprint density at radius 3 is 2.14 bits per heavy atom. The Balaban J connectivity index is 4.11. The van der Waals surface area contributed by atoms with E-state index in [1.165, 1.54) is 0 Å². The Morgan fingerprint density at radius 2 is 1.86 bits per heavy atom. The number of hydrogen-bond donors (Lipinski definition) is 3. The second-order valence-electron chi connectivity index (χ2n) is 3.82. The summed E-state index contributed by atoms with van der Waals surface area (Å²) in [6.07, 6.45) is -0.522. The van der Waals surface area contributed by atoms with Crippen molar-refractivity contribution in [2.75, 3.05) is 0 Å². The van der Waals surface area contributed by atoms with Crippen molar-refractivity contribution in [2.24, 2.45) is 0 Å². The predicted octanol–water partition coefficient (Wildman–Crippen LogP) is 0.234. The molecule has 0 aliphatic carbocycles. The zero-order chi connectivity index (χ0) is 11.4. The maximum Gasteiger partial charge on any atom is 0.323 e. The molecule has 1 unspecified atom stereocenters. The normalized spacial score (nSPS) is 13.6. The van der Waals surface area contributed by atoms with Crippen LogP contribution in [-0.2, 0) is 14.4 Å². The zero-order valence-electron chi connectivity index (χ0n) is 8.40. The van der Waals surface area contributed by atoms with Gasteiger partial charge in [-0.2, -0.15) is 5.48 Å². The first-order valence-electron chi connectivity index (χ1n) is 4.10. The lowest BCUT2D eigenvalue weighted by atomic mass is 10.2. The van der Waals surface area contributed by atoms with Crippen molar-refractivity contribution in [1.29, 1.82) is 0 Å². The van der Waals surface area contributed by atoms with Crippen molar-refractivity contribution in [1.82, 2.24) is 5.48 Å². The Kier molecular flexibility index (Phi) is 4.52. The first-order valence-corrected chi connectivity index (χ1v) is 4.10. The van der Waals surface area contributed by atoms with E-state index in [-0.39, 0.29) is 0 Å². The van der Waals surface area contributed by atoms with E-state index in [1.807, 2.05) is 0 Å². The van der Waals surface area contributed by atoms with Crippen LogP contribution in [-0.4, -0.2) is 33.8 Å². The molecule has 0 spiro atoms. The summed E-state index contributed by atoms with van der Waals surface area (Å²) in [6.45, 7) is 5.17. The zero-order valence-corrected chi connectivity index (χ0v) is 8.40. The van der Waals surface area contributed by atoms with Gasteiger partial charge in [0.2, 0.25) is 0 Å². The lowest BCUT2D eigenvalue weighted by Gasteiger charge is -2.22. The Hall–Kier alpha value is -1.14. The molecule has 0 rings (SSSR count). The van der Waals surface area contributed by atoms with Crippen LogP contribution >= 0.6 is 0 Å². The Bertz CT molecular complexity index is 220. The van der Waals surface area contributed by atoms with Gasteiger partial charge in [0, 0.05) is 0 Å². The van der Waals surface area contributed by atoms with Crippen LogP contribution in [0.25, 0.3) is 0 Å². The van der Waals surface area contributed by atoms with E-state index >= 15 is 0 Å². The molecule has 0 amide bonds. The molecule has 6 nitrogen and oxygen atoms in total. The van der Waals surface area contributed by atoms with E-state index in [4.69, 9.17) is 15.1 Å². The van der Waals surface area contributed by atoms with Gasteiger partial charge in [-0.3, -0.25) is 14.4 Å². The van der Waals surface area contributed by atoms with Gasteiger partial charge in [0.15, 0.2) is 0 Å². The van der Waals surface area contributed by atoms with Crippen LogP contribution < -0.4 is 5.48 Å². The molecule has 0 radical (unpaired) electrons. The number of carboxylic acid groups (broad SMARTS) is 2. The highest BCUT2D eigenvalue weighted by molar-refractivity contribution is 5.80. The van der Waals surface area contributed by atoms with E-state index in [0.29, 0.717) is 0 Å². The maximum atomic E-state index is 10.5. The van der Waals surface area contributed by atoms with Crippen molar-refractivity contribution < 1.29 is 24.6 Å². The van der Waals surface area contributed by atoms with Crippen molar-refractivity contribution in [3.63, 3.8) is 0 Å². The second kappa shape index (κ2) is 4.92. The highest BCUT2D eigenvalue weighted by atomic mass is 16.7. The summed E-state index contributed by atoms with van der Waals surface area (Å²) in [5, 5.41) is 17.0. The van der Waals surface area contributed by atoms with Crippen LogP contribution in [0.2, 0.25) is 0 Å². The first-order chi connectivity index (χ1) is 6.22. The van der Waals surface area contributed by atoms with Crippen LogP contribution in [0.4, 0.5) is 0 Å². The highest BCUT2D eigenvalue weighted by Crippen LogP contribution is 2.05. The summed E-state index contributed by atoms with van der Waals surface area (Å²) >= 11 is 0. The molecule has 3 N–H and O–H groups in total. The minimum absolute atomic E-state index is 0.522. The molecule has 1 atom stereocenters. The van der Waals surface area contributed by atoms with E-state index in [9.17, 15) is 9.59 Å². The van der Waals surface area contributed by atoms with Gasteiger partial charge in [-0.05, 0) is 20.8 Å². The molecule has 0 saturated carbocycles. The molecule has 0 bridgehead atoms. The fourth-order valence-corrected chi connectivity index (χ4v) is 0.602. The number of aliphatic carboxylic acids is 2. The average molecular weight is 205 g/mol. The molecule has 0 aliphatic heterocycles. The minimum atomic E-state index is -1.25. The van der Waals surface area contributed by atoms with E-state index < -0.39 is 30.0 Å². The van der Waals surface area contributed by atoms with Crippen LogP contribution in [0.1, 0.15) is 27.2 Å². The standard InChI is InChI=1S/C8H15NO5/c1-8(2,3)14-9-5(7(12)13)4-6(10)11/h5,9H,4H2,1-3H3,(H,10,11)(H,12,13). The van der Waals surface area contributed by atoms with Crippen molar-refractivity contribution in [3.05, 3.63) is 0 Å². The average Bonchev–Trinajstić information content (AvgIpc) is 1.94. The summed E-state index contributed by atoms with van der Waals surface area (Å²) in [6, 6.07) is -1.23. The molecular weight excluding hydrogens is 190 g/mol. The van der Waals surface area contributed by atoms with Gasteiger partial charge in [0.25, 0.3) is 0 Å². The molecule has 0 saturated heterocycles. The molecule has 14 heavy (non-hydrogen) atoms. The largest absolute Gasteiger partial charge is 0.481 e. The second-order valence-corrected chi connectivity index (χ2v) is 3.82. The molecule has 82 valence electrons. The summed E-state index contributed by atoms with van der Waals surface area (Å²) in [4.78, 5) is 25.8. The van der Waals surface area contributed by atoms with Crippen molar-refractivity contribution >= 4 is 11.9 Å². The Morgan fingerprint density at radius 1 is 1.36 bits per heavy atom. The number of rotatable bonds is 5. The third-order valence-corrected chi connectivity index (χ3v) is 1.18. The summed E-state index contributed by atoms with van der Waals surface area (Å²) in [5.41, 5.74) is 1.65. The van der Waals surface area contributed by atoms with Gasteiger partial charge in [-0.15, -0.1) is 0 Å². The lowest BCUT2D eigenvalue weighted by Crippen LogP contribution is -2.42. The summed E-state index contributed by atoms with van der Waals surface area (Å²) in [7, 11) is 0. The first kappa shape index (κ1) is 12.9. The fourth-order valence-electron chi connectivity index (χ4n) is 0.602. The maximum absolute atomic E-state index is 10.5. The topological polar surface area (TPSA) is 95.9 Å². The molecule has 0 fully saturated rings. The van der Waals surface area contributed by atoms with Crippen LogP contribution in [0.5, 0.6) is 0 Å². The molecular formula is C8H15NO5. The summed E-state index contributed by atoms with van der Waals surface area (Å²) in [5.74, 6) is -2.45. The van der Waals surface area contributed by atoms with Crippen LogP contribution in [0.15, 0.2) is 0 Å². The number of hydrogen-bond acceptors (Lipinski definition) is 4. The SMILES string of the molecule is CC(C)(C)ONC(CC(=O)O)C(=O)O. The molecule has 6 heteroatoms. The quantitative estimate of drug-likeness (QED) is 0.556. The lowest BCUT2D eigenvalue weighted by molar-refractivity contribution is -0.156. The van der Waals surface area contributed by atoms with E-state index in [1.54, 1.807) is 20.8 Å². The molecule has 0 aromatic heterocycles. The van der Waals surface area contributed by atoms with Crippen LogP contribution in [0, 0.1) is 0 Å². The summed E-state index contributed by atoms with van der Waals surface area (Å²) < 4.78 is 0. The third-order valence-electron chi connectivity index (χ3n) is 1.18. The van der Waals surface area contributed by atoms with Crippen molar-refractivity contribution in [2.45, 2.75) is 38.8 Å². The number of carbonyl (C=O) groups is 2. The molecule has 0 aromatic rings. The van der Waals surface area contributed by atoms with Crippen molar-refractivity contribution in [3.8, 4) is 0 Å². The third kappa shape index (κ3) is 6.38. The number of carboxylic acids is 2. The molecule has 0 aromatic carbocycles.